The van der Waals surface area contributed by atoms with Crippen molar-refractivity contribution >= 4 is 11.6 Å². The zero-order valence-electron chi connectivity index (χ0n) is 12.2. The summed E-state index contributed by atoms with van der Waals surface area (Å²) in [4.78, 5) is 19.0. The number of ether oxygens (including phenoxy) is 1. The fraction of sp³-hybridized carbons (Fsp3) is 0.625. The van der Waals surface area contributed by atoms with Gasteiger partial charge in [-0.25, -0.2) is 0 Å². The van der Waals surface area contributed by atoms with E-state index in [0.717, 1.165) is 38.1 Å². The first-order valence-electron chi connectivity index (χ1n) is 7.54. The average Bonchev–Trinajstić information content (AvgIpc) is 2.90. The molecule has 0 aromatic carbocycles. The third-order valence-corrected chi connectivity index (χ3v) is 4.38. The van der Waals surface area contributed by atoms with E-state index in [1.54, 1.807) is 6.20 Å². The van der Waals surface area contributed by atoms with E-state index >= 15 is 0 Å². The molecular formula is C16H22N2O2. The standard InChI is InChI=1S/C16H22N2O2/c1-11(2)15-13(4-3-9-20-15)16(19)18-8-6-12-10-17-7-5-14(12)18/h5,7,10-11,13,15H,3-4,6,8-9H2,1-2H3/t13-,15-/m0/s1. The first-order valence-corrected chi connectivity index (χ1v) is 7.54. The van der Waals surface area contributed by atoms with Crippen LogP contribution in [0.2, 0.25) is 0 Å². The van der Waals surface area contributed by atoms with E-state index in [4.69, 9.17) is 4.74 Å². The number of hydrogen-bond acceptors (Lipinski definition) is 3. The Morgan fingerprint density at radius 1 is 1.50 bits per heavy atom. The lowest BCUT2D eigenvalue weighted by Crippen LogP contribution is -2.45. The van der Waals surface area contributed by atoms with Crippen molar-refractivity contribution in [3.8, 4) is 0 Å². The Morgan fingerprint density at radius 2 is 2.35 bits per heavy atom. The van der Waals surface area contributed by atoms with Crippen LogP contribution < -0.4 is 4.90 Å². The van der Waals surface area contributed by atoms with Crippen molar-refractivity contribution in [2.24, 2.45) is 11.8 Å². The van der Waals surface area contributed by atoms with Crippen LogP contribution >= 0.6 is 0 Å². The SMILES string of the molecule is CC(C)[C@@H]1OCCC[C@@H]1C(=O)N1CCc2cnccc21. The molecule has 4 nitrogen and oxygen atoms in total. The summed E-state index contributed by atoms with van der Waals surface area (Å²) in [5.41, 5.74) is 2.22. The van der Waals surface area contributed by atoms with Crippen molar-refractivity contribution in [1.29, 1.82) is 0 Å². The molecule has 108 valence electrons. The molecule has 1 fully saturated rings. The maximum atomic E-state index is 12.9. The smallest absolute Gasteiger partial charge is 0.232 e. The number of fused-ring (bicyclic) bond motifs is 1. The van der Waals surface area contributed by atoms with E-state index in [0.29, 0.717) is 5.92 Å². The Labute approximate surface area is 120 Å². The molecule has 0 bridgehead atoms. The van der Waals surface area contributed by atoms with Gasteiger partial charge in [-0.2, -0.15) is 0 Å². The maximum Gasteiger partial charge on any atom is 0.232 e. The van der Waals surface area contributed by atoms with Crippen LogP contribution in [0.25, 0.3) is 0 Å². The van der Waals surface area contributed by atoms with E-state index in [2.05, 4.69) is 18.8 Å². The topological polar surface area (TPSA) is 42.4 Å². The summed E-state index contributed by atoms with van der Waals surface area (Å²) in [5.74, 6) is 0.611. The van der Waals surface area contributed by atoms with Gasteiger partial charge >= 0.3 is 0 Å². The largest absolute Gasteiger partial charge is 0.377 e. The highest BCUT2D eigenvalue weighted by atomic mass is 16.5. The molecule has 0 N–H and O–H groups in total. The monoisotopic (exact) mass is 274 g/mol. The highest BCUT2D eigenvalue weighted by Gasteiger charge is 2.38. The Morgan fingerprint density at radius 3 is 3.15 bits per heavy atom. The van der Waals surface area contributed by atoms with Crippen molar-refractivity contribution < 1.29 is 9.53 Å². The summed E-state index contributed by atoms with van der Waals surface area (Å²) < 4.78 is 5.86. The molecule has 3 rings (SSSR count). The molecule has 2 aliphatic rings. The number of amides is 1. The normalized spacial score (nSPS) is 25.9. The molecule has 0 spiro atoms. The van der Waals surface area contributed by atoms with Gasteiger partial charge in [-0.3, -0.25) is 9.78 Å². The highest BCUT2D eigenvalue weighted by molar-refractivity contribution is 5.97. The van der Waals surface area contributed by atoms with Gasteiger partial charge in [0.25, 0.3) is 0 Å². The van der Waals surface area contributed by atoms with Crippen LogP contribution in [0, 0.1) is 11.8 Å². The van der Waals surface area contributed by atoms with Crippen LogP contribution in [0.15, 0.2) is 18.5 Å². The second-order valence-corrected chi connectivity index (χ2v) is 6.07. The fourth-order valence-electron chi connectivity index (χ4n) is 3.38. The number of nitrogens with zero attached hydrogens (tertiary/aromatic N) is 2. The third-order valence-electron chi connectivity index (χ3n) is 4.38. The Bertz CT molecular complexity index is 501. The molecule has 1 aromatic heterocycles. The van der Waals surface area contributed by atoms with Gasteiger partial charge in [0.05, 0.1) is 12.0 Å². The van der Waals surface area contributed by atoms with E-state index in [1.165, 1.54) is 5.56 Å². The quantitative estimate of drug-likeness (QED) is 0.831. The van der Waals surface area contributed by atoms with E-state index in [1.807, 2.05) is 17.2 Å². The summed E-state index contributed by atoms with van der Waals surface area (Å²) in [6.07, 6.45) is 6.54. The van der Waals surface area contributed by atoms with Crippen LogP contribution in [-0.4, -0.2) is 30.1 Å². The second-order valence-electron chi connectivity index (χ2n) is 6.07. The lowest BCUT2D eigenvalue weighted by molar-refractivity contribution is -0.134. The predicted molar refractivity (Wildman–Crippen MR) is 77.6 cm³/mol. The summed E-state index contributed by atoms with van der Waals surface area (Å²) in [7, 11) is 0. The lowest BCUT2D eigenvalue weighted by Gasteiger charge is -2.35. The van der Waals surface area contributed by atoms with Gasteiger partial charge in [-0.1, -0.05) is 13.8 Å². The third kappa shape index (κ3) is 2.33. The minimum absolute atomic E-state index is 0.00265. The van der Waals surface area contributed by atoms with Gasteiger partial charge in [0, 0.05) is 31.2 Å². The number of carbonyl (C=O) groups excluding carboxylic acids is 1. The molecule has 0 aliphatic carbocycles. The Kier molecular flexibility index (Phi) is 3.74. The van der Waals surface area contributed by atoms with Crippen molar-refractivity contribution in [3.63, 3.8) is 0 Å². The highest BCUT2D eigenvalue weighted by Crippen LogP contribution is 2.33. The van der Waals surface area contributed by atoms with Crippen LogP contribution in [0.4, 0.5) is 5.69 Å². The zero-order chi connectivity index (χ0) is 14.1. The maximum absolute atomic E-state index is 12.9. The fourth-order valence-corrected chi connectivity index (χ4v) is 3.38. The number of rotatable bonds is 2. The van der Waals surface area contributed by atoms with Gasteiger partial charge in [0.1, 0.15) is 0 Å². The Hall–Kier alpha value is -1.42. The summed E-state index contributed by atoms with van der Waals surface area (Å²) in [6.45, 7) is 5.84. The number of pyridine rings is 1. The van der Waals surface area contributed by atoms with Crippen molar-refractivity contribution in [2.45, 2.75) is 39.2 Å². The average molecular weight is 274 g/mol. The number of anilines is 1. The van der Waals surface area contributed by atoms with Crippen LogP contribution in [-0.2, 0) is 16.0 Å². The van der Waals surface area contributed by atoms with Gasteiger partial charge in [-0.05, 0) is 36.8 Å². The molecule has 2 atom stereocenters. The van der Waals surface area contributed by atoms with E-state index in [-0.39, 0.29) is 17.9 Å². The number of carbonyl (C=O) groups is 1. The lowest BCUT2D eigenvalue weighted by atomic mass is 9.86. The molecule has 2 aliphatic heterocycles. The van der Waals surface area contributed by atoms with Crippen LogP contribution in [0.1, 0.15) is 32.3 Å². The summed E-state index contributed by atoms with van der Waals surface area (Å²) in [6, 6.07) is 1.95. The molecule has 1 saturated heterocycles. The predicted octanol–water partition coefficient (Wildman–Crippen LogP) is 2.42. The second kappa shape index (κ2) is 5.52. The first kappa shape index (κ1) is 13.6. The van der Waals surface area contributed by atoms with Crippen molar-refractivity contribution in [3.05, 3.63) is 24.0 Å². The molecule has 4 heteroatoms. The van der Waals surface area contributed by atoms with Crippen LogP contribution in [0.3, 0.4) is 0 Å². The first-order chi connectivity index (χ1) is 9.68. The van der Waals surface area contributed by atoms with E-state index < -0.39 is 0 Å². The zero-order valence-corrected chi connectivity index (χ0v) is 12.2. The van der Waals surface area contributed by atoms with Crippen LogP contribution in [0.5, 0.6) is 0 Å². The van der Waals surface area contributed by atoms with E-state index in [9.17, 15) is 4.79 Å². The molecule has 0 unspecified atom stereocenters. The molecule has 20 heavy (non-hydrogen) atoms. The van der Waals surface area contributed by atoms with Crippen molar-refractivity contribution in [1.82, 2.24) is 4.98 Å². The molecular weight excluding hydrogens is 252 g/mol. The molecule has 0 saturated carbocycles. The van der Waals surface area contributed by atoms with Gasteiger partial charge in [0.15, 0.2) is 0 Å². The minimum atomic E-state index is 0.00265. The minimum Gasteiger partial charge on any atom is -0.377 e. The Balaban J connectivity index is 1.82. The van der Waals surface area contributed by atoms with Gasteiger partial charge in [0.2, 0.25) is 5.91 Å². The van der Waals surface area contributed by atoms with Gasteiger partial charge < -0.3 is 9.64 Å². The molecule has 1 amide bonds. The summed E-state index contributed by atoms with van der Waals surface area (Å²) >= 11 is 0. The molecule has 1 aromatic rings. The molecule has 3 heterocycles. The summed E-state index contributed by atoms with van der Waals surface area (Å²) in [5, 5.41) is 0. The van der Waals surface area contributed by atoms with Crippen molar-refractivity contribution in [2.75, 3.05) is 18.1 Å². The number of hydrogen-bond donors (Lipinski definition) is 0. The molecule has 0 radical (unpaired) electrons. The number of aromatic nitrogens is 1. The van der Waals surface area contributed by atoms with Gasteiger partial charge in [-0.15, -0.1) is 0 Å².